The lowest BCUT2D eigenvalue weighted by atomic mass is 9.87. The molecule has 0 aliphatic heterocycles. The third-order valence-corrected chi connectivity index (χ3v) is 3.42. The van der Waals surface area contributed by atoms with Gasteiger partial charge in [0, 0.05) is 5.56 Å². The molecule has 0 amide bonds. The third-order valence-electron chi connectivity index (χ3n) is 3.42. The van der Waals surface area contributed by atoms with Crippen molar-refractivity contribution in [3.05, 3.63) is 33.9 Å². The van der Waals surface area contributed by atoms with Crippen molar-refractivity contribution in [2.75, 3.05) is 6.61 Å². The fraction of sp³-hybridized carbons (Fsp3) is 0.533. The lowest BCUT2D eigenvalue weighted by Gasteiger charge is -2.18. The summed E-state index contributed by atoms with van der Waals surface area (Å²) in [5, 5.41) is 20.0. The maximum Gasteiger partial charge on any atom is 0.313 e. The third kappa shape index (κ3) is 4.73. The van der Waals surface area contributed by atoms with Crippen LogP contribution in [0.4, 0.5) is 5.69 Å². The summed E-state index contributed by atoms with van der Waals surface area (Å²) in [7, 11) is 0. The van der Waals surface area contributed by atoms with Crippen molar-refractivity contribution < 1.29 is 19.6 Å². The first kappa shape index (κ1) is 16.9. The number of hydrogen-bond acceptors (Lipinski definition) is 4. The summed E-state index contributed by atoms with van der Waals surface area (Å²) >= 11 is 0. The fourth-order valence-corrected chi connectivity index (χ4v) is 1.94. The Bertz CT molecular complexity index is 525. The van der Waals surface area contributed by atoms with Gasteiger partial charge in [-0.2, -0.15) is 0 Å². The van der Waals surface area contributed by atoms with Crippen molar-refractivity contribution in [2.45, 2.75) is 40.0 Å². The highest BCUT2D eigenvalue weighted by atomic mass is 16.6. The highest BCUT2D eigenvalue weighted by Crippen LogP contribution is 2.30. The van der Waals surface area contributed by atoms with Crippen molar-refractivity contribution in [3.8, 4) is 5.75 Å². The number of benzene rings is 1. The van der Waals surface area contributed by atoms with Crippen LogP contribution < -0.4 is 4.74 Å². The number of aliphatic carboxylic acids is 1. The Kier molecular flexibility index (Phi) is 5.69. The molecule has 0 aromatic heterocycles. The molecule has 6 nitrogen and oxygen atoms in total. The van der Waals surface area contributed by atoms with Gasteiger partial charge in [0.15, 0.2) is 5.75 Å². The van der Waals surface area contributed by atoms with Crippen LogP contribution in [-0.2, 0) is 4.79 Å². The number of ether oxygens (including phenoxy) is 1. The minimum Gasteiger partial charge on any atom is -0.487 e. The molecule has 1 rings (SSSR count). The van der Waals surface area contributed by atoms with Gasteiger partial charge in [0.1, 0.15) is 0 Å². The maximum absolute atomic E-state index is 11.0. The minimum absolute atomic E-state index is 0.0108. The second-order valence-electron chi connectivity index (χ2n) is 5.67. The summed E-state index contributed by atoms with van der Waals surface area (Å²) in [5.74, 6) is -0.560. The quantitative estimate of drug-likeness (QED) is 0.450. The number of carbonyl (C=O) groups is 1. The molecule has 0 spiro atoms. The highest BCUT2D eigenvalue weighted by Gasteiger charge is 2.26. The van der Waals surface area contributed by atoms with Gasteiger partial charge >= 0.3 is 11.7 Å². The van der Waals surface area contributed by atoms with Crippen LogP contribution in [0, 0.1) is 22.5 Å². The Morgan fingerprint density at radius 1 is 1.38 bits per heavy atom. The molecule has 1 aromatic carbocycles. The Morgan fingerprint density at radius 3 is 2.62 bits per heavy atom. The largest absolute Gasteiger partial charge is 0.487 e. The topological polar surface area (TPSA) is 89.7 Å². The predicted molar refractivity (Wildman–Crippen MR) is 78.6 cm³/mol. The van der Waals surface area contributed by atoms with Gasteiger partial charge in [0.05, 0.1) is 16.9 Å². The molecule has 0 aliphatic rings. The minimum atomic E-state index is -0.822. The molecule has 116 valence electrons. The molecule has 0 aliphatic carbocycles. The monoisotopic (exact) mass is 295 g/mol. The first-order valence-corrected chi connectivity index (χ1v) is 6.86. The highest BCUT2D eigenvalue weighted by molar-refractivity contribution is 5.73. The number of para-hydroxylation sites is 1. The fourth-order valence-electron chi connectivity index (χ4n) is 1.94. The molecule has 6 heteroatoms. The summed E-state index contributed by atoms with van der Waals surface area (Å²) in [5.41, 5.74) is -0.206. The molecular formula is C15H21NO5. The van der Waals surface area contributed by atoms with Crippen molar-refractivity contribution in [1.82, 2.24) is 0 Å². The van der Waals surface area contributed by atoms with Crippen LogP contribution in [0.3, 0.4) is 0 Å². The van der Waals surface area contributed by atoms with Crippen molar-refractivity contribution in [1.29, 1.82) is 0 Å². The number of nitrogens with zero attached hydrogens (tertiary/aromatic N) is 1. The van der Waals surface area contributed by atoms with Crippen LogP contribution in [0.5, 0.6) is 5.75 Å². The van der Waals surface area contributed by atoms with Gasteiger partial charge in [-0.1, -0.05) is 12.1 Å². The smallest absolute Gasteiger partial charge is 0.313 e. The van der Waals surface area contributed by atoms with Crippen molar-refractivity contribution in [3.63, 3.8) is 0 Å². The van der Waals surface area contributed by atoms with Crippen LogP contribution in [0.15, 0.2) is 18.2 Å². The van der Waals surface area contributed by atoms with Gasteiger partial charge in [-0.25, -0.2) is 0 Å². The Hall–Kier alpha value is -2.11. The molecule has 0 atom stereocenters. The molecule has 0 unspecified atom stereocenters. The number of rotatable bonds is 8. The second kappa shape index (κ2) is 7.06. The lowest BCUT2D eigenvalue weighted by molar-refractivity contribution is -0.386. The Balaban J connectivity index is 2.49. The summed E-state index contributed by atoms with van der Waals surface area (Å²) in [6.07, 6.45) is 1.89. The van der Waals surface area contributed by atoms with Gasteiger partial charge in [-0.3, -0.25) is 14.9 Å². The molecule has 0 bridgehead atoms. The van der Waals surface area contributed by atoms with E-state index in [-0.39, 0.29) is 11.4 Å². The molecule has 0 fully saturated rings. The molecule has 21 heavy (non-hydrogen) atoms. The number of carboxylic acid groups (broad SMARTS) is 1. The average Bonchev–Trinajstić information content (AvgIpc) is 2.37. The van der Waals surface area contributed by atoms with Gasteiger partial charge in [-0.05, 0) is 46.1 Å². The van der Waals surface area contributed by atoms with E-state index >= 15 is 0 Å². The zero-order chi connectivity index (χ0) is 16.0. The first-order valence-electron chi connectivity index (χ1n) is 6.86. The zero-order valence-corrected chi connectivity index (χ0v) is 12.6. The van der Waals surface area contributed by atoms with Crippen LogP contribution in [0.1, 0.15) is 38.7 Å². The van der Waals surface area contributed by atoms with Crippen molar-refractivity contribution in [2.24, 2.45) is 5.41 Å². The van der Waals surface area contributed by atoms with Gasteiger partial charge in [0.2, 0.25) is 0 Å². The first-order chi connectivity index (χ1) is 9.75. The Morgan fingerprint density at radius 2 is 2.05 bits per heavy atom. The van der Waals surface area contributed by atoms with E-state index < -0.39 is 16.3 Å². The normalized spacial score (nSPS) is 11.2. The molecule has 0 saturated heterocycles. The number of nitro benzene ring substituents is 1. The van der Waals surface area contributed by atoms with Crippen LogP contribution in [0.2, 0.25) is 0 Å². The number of nitro groups is 1. The summed E-state index contributed by atoms with van der Waals surface area (Å²) in [4.78, 5) is 21.5. The predicted octanol–water partition coefficient (Wildman–Crippen LogP) is 3.56. The van der Waals surface area contributed by atoms with E-state index in [1.807, 2.05) is 0 Å². The van der Waals surface area contributed by atoms with Gasteiger partial charge in [-0.15, -0.1) is 0 Å². The second-order valence-corrected chi connectivity index (χ2v) is 5.67. The number of hydrogen-bond donors (Lipinski definition) is 1. The van der Waals surface area contributed by atoms with E-state index in [1.165, 1.54) is 0 Å². The summed E-state index contributed by atoms with van der Waals surface area (Å²) < 4.78 is 5.47. The van der Waals surface area contributed by atoms with Crippen LogP contribution in [-0.4, -0.2) is 22.6 Å². The molecule has 1 aromatic rings. The standard InChI is InChI=1S/C15H21NO5/c1-11-7-6-8-12(13(11)16(19)20)21-10-5-4-9-15(2,3)14(17)18/h6-8H,4-5,9-10H2,1-3H3,(H,17,18). The molecular weight excluding hydrogens is 274 g/mol. The van der Waals surface area contributed by atoms with E-state index in [2.05, 4.69) is 0 Å². The van der Waals surface area contributed by atoms with E-state index in [9.17, 15) is 14.9 Å². The van der Waals surface area contributed by atoms with Crippen molar-refractivity contribution >= 4 is 11.7 Å². The average molecular weight is 295 g/mol. The van der Waals surface area contributed by atoms with E-state index in [4.69, 9.17) is 9.84 Å². The van der Waals surface area contributed by atoms with Crippen LogP contribution in [0.25, 0.3) is 0 Å². The zero-order valence-electron chi connectivity index (χ0n) is 12.6. The van der Waals surface area contributed by atoms with E-state index in [0.29, 0.717) is 31.4 Å². The summed E-state index contributed by atoms with van der Waals surface area (Å²) in [6, 6.07) is 4.96. The number of aryl methyl sites for hydroxylation is 1. The number of carboxylic acids is 1. The number of unbranched alkanes of at least 4 members (excludes halogenated alkanes) is 1. The SMILES string of the molecule is Cc1cccc(OCCCCC(C)(C)C(=O)O)c1[N+](=O)[O-]. The lowest BCUT2D eigenvalue weighted by Crippen LogP contribution is -2.23. The molecule has 0 radical (unpaired) electrons. The van der Waals surface area contributed by atoms with Gasteiger partial charge < -0.3 is 9.84 Å². The maximum atomic E-state index is 11.0. The van der Waals surface area contributed by atoms with Crippen LogP contribution >= 0.6 is 0 Å². The molecule has 1 N–H and O–H groups in total. The molecule has 0 saturated carbocycles. The van der Waals surface area contributed by atoms with Gasteiger partial charge in [0.25, 0.3) is 0 Å². The molecule has 0 heterocycles. The van der Waals surface area contributed by atoms with E-state index in [1.54, 1.807) is 39.0 Å². The Labute approximate surface area is 123 Å². The summed E-state index contributed by atoms with van der Waals surface area (Å²) in [6.45, 7) is 5.36. The van der Waals surface area contributed by atoms with E-state index in [0.717, 1.165) is 0 Å².